The van der Waals surface area contributed by atoms with Crippen molar-refractivity contribution in [2.75, 3.05) is 19.6 Å². The number of nitrogens with zero attached hydrogens (tertiary/aromatic N) is 1. The Morgan fingerprint density at radius 3 is 2.07 bits per heavy atom. The summed E-state index contributed by atoms with van der Waals surface area (Å²) in [6.07, 6.45) is 4.27. The molecule has 2 N–H and O–H groups in total. The van der Waals surface area contributed by atoms with Gasteiger partial charge >= 0.3 is 6.03 Å². The number of carbonyl (C=O) groups excluding carboxylic acids is 1. The topological polar surface area (TPSA) is 44.4 Å². The molecule has 1 aliphatic carbocycles. The molecule has 2 bridgehead atoms. The Morgan fingerprint density at radius 2 is 1.55 bits per heavy atom. The van der Waals surface area contributed by atoms with Crippen molar-refractivity contribution >= 4 is 6.03 Å². The molecule has 2 aromatic carbocycles. The fraction of sp³-hybridized carbons (Fsp3) is 0.458. The van der Waals surface area contributed by atoms with E-state index in [0.29, 0.717) is 5.92 Å². The van der Waals surface area contributed by atoms with Gasteiger partial charge in [-0.1, -0.05) is 36.4 Å². The number of hydrogen-bond acceptors (Lipinski definition) is 2. The molecular formula is C24H28FN3O. The van der Waals surface area contributed by atoms with Crippen LogP contribution in [0, 0.1) is 11.7 Å². The highest BCUT2D eigenvalue weighted by molar-refractivity contribution is 5.77. The summed E-state index contributed by atoms with van der Waals surface area (Å²) >= 11 is 0. The number of urea groups is 1. The monoisotopic (exact) mass is 393 g/mol. The second-order valence-corrected chi connectivity index (χ2v) is 9.21. The summed E-state index contributed by atoms with van der Waals surface area (Å²) in [5, 5.41) is 6.57. The van der Waals surface area contributed by atoms with Gasteiger partial charge in [0.15, 0.2) is 0 Å². The SMILES string of the molecule is CC1(NC(=O)NC2(c3ccc(-c4ccc(F)cc4)cc3)CC2)CN2CCC1CC2. The highest BCUT2D eigenvalue weighted by Crippen LogP contribution is 2.46. The molecule has 0 radical (unpaired) electrons. The summed E-state index contributed by atoms with van der Waals surface area (Å²) in [4.78, 5) is 15.3. The first-order valence-electron chi connectivity index (χ1n) is 10.7. The quantitative estimate of drug-likeness (QED) is 0.815. The molecule has 4 fully saturated rings. The van der Waals surface area contributed by atoms with Gasteiger partial charge in [-0.05, 0) is 80.4 Å². The molecule has 1 atom stereocenters. The van der Waals surface area contributed by atoms with Gasteiger partial charge in [-0.2, -0.15) is 0 Å². The van der Waals surface area contributed by atoms with Crippen LogP contribution in [-0.4, -0.2) is 36.1 Å². The Bertz CT molecular complexity index is 899. The minimum Gasteiger partial charge on any atom is -0.331 e. The third-order valence-corrected chi connectivity index (χ3v) is 7.16. The van der Waals surface area contributed by atoms with Crippen molar-refractivity contribution in [2.45, 2.75) is 43.7 Å². The van der Waals surface area contributed by atoms with Gasteiger partial charge in [0.2, 0.25) is 0 Å². The van der Waals surface area contributed by atoms with Crippen LogP contribution in [0.5, 0.6) is 0 Å². The zero-order valence-corrected chi connectivity index (χ0v) is 16.9. The average molecular weight is 394 g/mol. The van der Waals surface area contributed by atoms with Gasteiger partial charge in [0.1, 0.15) is 5.82 Å². The van der Waals surface area contributed by atoms with E-state index in [0.717, 1.165) is 49.2 Å². The molecular weight excluding hydrogens is 365 g/mol. The summed E-state index contributed by atoms with van der Waals surface area (Å²) < 4.78 is 13.1. The van der Waals surface area contributed by atoms with Crippen molar-refractivity contribution in [1.29, 1.82) is 0 Å². The summed E-state index contributed by atoms with van der Waals surface area (Å²) in [6.45, 7) is 5.46. The Balaban J connectivity index is 1.26. The lowest BCUT2D eigenvalue weighted by atomic mass is 9.74. The van der Waals surface area contributed by atoms with Crippen molar-refractivity contribution in [3.63, 3.8) is 0 Å². The summed E-state index contributed by atoms with van der Waals surface area (Å²) in [7, 11) is 0. The van der Waals surface area contributed by atoms with Crippen LogP contribution in [0.4, 0.5) is 9.18 Å². The molecule has 3 saturated heterocycles. The molecule has 2 aromatic rings. The summed E-state index contributed by atoms with van der Waals surface area (Å²) in [6, 6.07) is 14.8. The second-order valence-electron chi connectivity index (χ2n) is 9.21. The maximum atomic E-state index is 13.1. The standard InChI is InChI=1S/C24H28FN3O/c1-23(16-28-14-10-19(23)11-15-28)26-22(29)27-24(12-13-24)20-6-2-17(3-7-20)18-4-8-21(25)9-5-18/h2-9,19H,10-16H2,1H3,(H2,26,27,29). The van der Waals surface area contributed by atoms with Crippen molar-refractivity contribution in [3.05, 3.63) is 59.9 Å². The van der Waals surface area contributed by atoms with E-state index in [-0.39, 0.29) is 22.9 Å². The molecule has 4 nitrogen and oxygen atoms in total. The molecule has 1 unspecified atom stereocenters. The molecule has 0 aromatic heterocycles. The maximum Gasteiger partial charge on any atom is 0.315 e. The van der Waals surface area contributed by atoms with Gasteiger partial charge in [0.25, 0.3) is 0 Å². The molecule has 6 rings (SSSR count). The van der Waals surface area contributed by atoms with Gasteiger partial charge in [0.05, 0.1) is 11.1 Å². The third kappa shape index (κ3) is 3.52. The zero-order valence-electron chi connectivity index (χ0n) is 16.9. The first-order chi connectivity index (χ1) is 14.0. The average Bonchev–Trinajstić information content (AvgIpc) is 3.49. The summed E-state index contributed by atoms with van der Waals surface area (Å²) in [5.41, 5.74) is 2.79. The van der Waals surface area contributed by atoms with Gasteiger partial charge in [-0.25, -0.2) is 9.18 Å². The third-order valence-electron chi connectivity index (χ3n) is 7.16. The van der Waals surface area contributed by atoms with Crippen LogP contribution in [0.2, 0.25) is 0 Å². The van der Waals surface area contributed by atoms with E-state index >= 15 is 0 Å². The fourth-order valence-corrected chi connectivity index (χ4v) is 5.21. The first-order valence-corrected chi connectivity index (χ1v) is 10.7. The number of rotatable bonds is 4. The molecule has 5 heteroatoms. The van der Waals surface area contributed by atoms with E-state index in [1.54, 1.807) is 12.1 Å². The number of benzene rings is 2. The van der Waals surface area contributed by atoms with E-state index in [4.69, 9.17) is 0 Å². The summed E-state index contributed by atoms with van der Waals surface area (Å²) in [5.74, 6) is 0.345. The van der Waals surface area contributed by atoms with Crippen LogP contribution in [0.1, 0.15) is 38.2 Å². The van der Waals surface area contributed by atoms with Crippen molar-refractivity contribution < 1.29 is 9.18 Å². The Kier molecular flexibility index (Phi) is 4.39. The van der Waals surface area contributed by atoms with Crippen molar-refractivity contribution in [3.8, 4) is 11.1 Å². The number of nitrogens with one attached hydrogen (secondary N) is 2. The first kappa shape index (κ1) is 18.6. The Labute approximate surface area is 171 Å². The maximum absolute atomic E-state index is 13.1. The molecule has 4 aliphatic rings. The predicted octanol–water partition coefficient (Wildman–Crippen LogP) is 4.27. The number of amides is 2. The molecule has 0 spiro atoms. The van der Waals surface area contributed by atoms with Crippen LogP contribution in [0.25, 0.3) is 11.1 Å². The smallest absolute Gasteiger partial charge is 0.315 e. The number of fused-ring (bicyclic) bond motifs is 3. The molecule has 3 heterocycles. The highest BCUT2D eigenvalue weighted by atomic mass is 19.1. The zero-order chi connectivity index (χ0) is 20.1. The van der Waals surface area contributed by atoms with Gasteiger partial charge in [-0.15, -0.1) is 0 Å². The van der Waals surface area contributed by atoms with E-state index in [9.17, 15) is 9.18 Å². The molecule has 1 saturated carbocycles. The van der Waals surface area contributed by atoms with Crippen LogP contribution in [0.3, 0.4) is 0 Å². The van der Waals surface area contributed by atoms with Gasteiger partial charge in [-0.3, -0.25) is 0 Å². The minimum absolute atomic E-state index is 0.0543. The van der Waals surface area contributed by atoms with Crippen LogP contribution < -0.4 is 10.6 Å². The normalized spacial score (nSPS) is 29.3. The Morgan fingerprint density at radius 1 is 0.966 bits per heavy atom. The highest BCUT2D eigenvalue weighted by Gasteiger charge is 2.48. The van der Waals surface area contributed by atoms with Crippen molar-refractivity contribution in [2.24, 2.45) is 5.92 Å². The number of piperidine rings is 3. The number of halogens is 1. The minimum atomic E-state index is -0.254. The van der Waals surface area contributed by atoms with E-state index in [2.05, 4.69) is 46.7 Å². The van der Waals surface area contributed by atoms with Crippen LogP contribution in [-0.2, 0) is 5.54 Å². The molecule has 2 amide bonds. The van der Waals surface area contributed by atoms with E-state index in [1.807, 2.05) is 0 Å². The molecule has 29 heavy (non-hydrogen) atoms. The number of carbonyl (C=O) groups is 1. The van der Waals surface area contributed by atoms with Crippen LogP contribution >= 0.6 is 0 Å². The van der Waals surface area contributed by atoms with Gasteiger partial charge < -0.3 is 15.5 Å². The van der Waals surface area contributed by atoms with E-state index in [1.165, 1.54) is 25.0 Å². The van der Waals surface area contributed by atoms with E-state index < -0.39 is 0 Å². The van der Waals surface area contributed by atoms with Gasteiger partial charge in [0, 0.05) is 6.54 Å². The number of hydrogen-bond donors (Lipinski definition) is 2. The lowest BCUT2D eigenvalue weighted by molar-refractivity contribution is 0.0226. The largest absolute Gasteiger partial charge is 0.331 e. The molecule has 3 aliphatic heterocycles. The molecule has 152 valence electrons. The lowest BCUT2D eigenvalue weighted by Crippen LogP contribution is -2.66. The second kappa shape index (κ2) is 6.84. The predicted molar refractivity (Wildman–Crippen MR) is 112 cm³/mol. The Hall–Kier alpha value is -2.40. The lowest BCUT2D eigenvalue weighted by Gasteiger charge is -2.52. The fourth-order valence-electron chi connectivity index (χ4n) is 5.21. The van der Waals surface area contributed by atoms with Crippen molar-refractivity contribution in [1.82, 2.24) is 15.5 Å². The van der Waals surface area contributed by atoms with Crippen LogP contribution in [0.15, 0.2) is 48.5 Å².